The Labute approximate surface area is 94.5 Å². The van der Waals surface area contributed by atoms with Crippen LogP contribution in [0.15, 0.2) is 18.2 Å². The molecule has 0 radical (unpaired) electrons. The zero-order chi connectivity index (χ0) is 12.3. The van der Waals surface area contributed by atoms with Gasteiger partial charge in [-0.25, -0.2) is 0 Å². The number of anilines is 1. The Balaban J connectivity index is 0.000000386. The number of hydrogen-bond acceptors (Lipinski definition) is 2. The van der Waals surface area contributed by atoms with Gasteiger partial charge >= 0.3 is 0 Å². The van der Waals surface area contributed by atoms with Crippen molar-refractivity contribution in [2.24, 2.45) is 5.92 Å². The van der Waals surface area contributed by atoms with E-state index in [1.165, 1.54) is 11.1 Å². The minimum absolute atomic E-state index is 0.0642. The molecule has 0 fully saturated rings. The molecule has 1 amide bonds. The smallest absolute Gasteiger partial charge is 0.290 e. The third-order valence-corrected chi connectivity index (χ3v) is 2.41. The number of rotatable bonds is 2. The maximum absolute atomic E-state index is 11.6. The van der Waals surface area contributed by atoms with Crippen LogP contribution in [0.4, 0.5) is 5.69 Å². The largest absolute Gasteiger partial charge is 0.483 e. The number of carboxylic acid groups (broad SMARTS) is 1. The molecule has 2 aliphatic rings. The topological polar surface area (TPSA) is 57.6 Å². The second kappa shape index (κ2) is 4.79. The molecule has 0 unspecified atom stereocenters. The summed E-state index contributed by atoms with van der Waals surface area (Å²) in [7, 11) is 1.84. The molecule has 0 aromatic carbocycles. The number of amides is 1. The first-order valence-electron chi connectivity index (χ1n) is 5.02. The van der Waals surface area contributed by atoms with Gasteiger partial charge in [0.2, 0.25) is 5.91 Å². The van der Waals surface area contributed by atoms with Gasteiger partial charge in [0.1, 0.15) is 0 Å². The van der Waals surface area contributed by atoms with E-state index in [0.29, 0.717) is 0 Å². The fourth-order valence-corrected chi connectivity index (χ4v) is 1.54. The fourth-order valence-electron chi connectivity index (χ4n) is 1.54. The molecule has 86 valence electrons. The van der Waals surface area contributed by atoms with E-state index < -0.39 is 0 Å². The summed E-state index contributed by atoms with van der Waals surface area (Å²) in [4.78, 5) is 21.7. The van der Waals surface area contributed by atoms with Gasteiger partial charge in [-0.2, -0.15) is 0 Å². The van der Waals surface area contributed by atoms with Gasteiger partial charge < -0.3 is 10.0 Å². The lowest BCUT2D eigenvalue weighted by molar-refractivity contribution is -0.123. The first kappa shape index (κ1) is 12.2. The minimum Gasteiger partial charge on any atom is -0.483 e. The summed E-state index contributed by atoms with van der Waals surface area (Å²) < 4.78 is 0. The van der Waals surface area contributed by atoms with Crippen molar-refractivity contribution >= 4 is 18.1 Å². The zero-order valence-electron chi connectivity index (χ0n) is 9.60. The summed E-state index contributed by atoms with van der Waals surface area (Å²) in [5.41, 5.74) is 3.56. The molecule has 16 heavy (non-hydrogen) atoms. The molecule has 1 N–H and O–H groups in total. The fraction of sp³-hybridized carbons (Fsp3) is 0.333. The van der Waals surface area contributed by atoms with Gasteiger partial charge in [0.15, 0.2) is 0 Å². The van der Waals surface area contributed by atoms with Crippen molar-refractivity contribution in [3.8, 4) is 11.1 Å². The van der Waals surface area contributed by atoms with E-state index in [4.69, 9.17) is 9.90 Å². The van der Waals surface area contributed by atoms with Crippen molar-refractivity contribution in [3.05, 3.63) is 18.2 Å². The monoisotopic (exact) mass is 221 g/mol. The Bertz CT molecular complexity index is 413. The average Bonchev–Trinajstić information content (AvgIpc) is 2.89. The lowest BCUT2D eigenvalue weighted by Crippen LogP contribution is -2.29. The van der Waals surface area contributed by atoms with Crippen LogP contribution in [-0.2, 0) is 9.59 Å². The van der Waals surface area contributed by atoms with E-state index in [1.54, 1.807) is 4.90 Å². The average molecular weight is 221 g/mol. The Kier molecular flexibility index (Phi) is 3.66. The molecule has 0 saturated carbocycles. The second-order valence-electron chi connectivity index (χ2n) is 3.89. The van der Waals surface area contributed by atoms with Crippen LogP contribution in [0, 0.1) is 5.92 Å². The van der Waals surface area contributed by atoms with Gasteiger partial charge in [-0.05, 0) is 17.7 Å². The van der Waals surface area contributed by atoms with Crippen LogP contribution < -0.4 is 4.90 Å². The first-order chi connectivity index (χ1) is 7.52. The van der Waals surface area contributed by atoms with Crippen LogP contribution in [0.2, 0.25) is 0 Å². The summed E-state index contributed by atoms with van der Waals surface area (Å²) in [5, 5.41) is 6.89. The van der Waals surface area contributed by atoms with Gasteiger partial charge in [-0.15, -0.1) is 0 Å². The van der Waals surface area contributed by atoms with E-state index in [9.17, 15) is 4.79 Å². The van der Waals surface area contributed by atoms with Crippen LogP contribution in [0.25, 0.3) is 11.1 Å². The number of fused-ring (bicyclic) bond motifs is 1. The highest BCUT2D eigenvalue weighted by molar-refractivity contribution is 6.03. The molecular formula is C12H15NO3. The molecule has 4 nitrogen and oxygen atoms in total. The van der Waals surface area contributed by atoms with Crippen molar-refractivity contribution in [2.75, 3.05) is 11.9 Å². The lowest BCUT2D eigenvalue weighted by atomic mass is 10.2. The molecule has 2 aliphatic carbocycles. The molecule has 4 heteroatoms. The van der Waals surface area contributed by atoms with Crippen LogP contribution in [0.5, 0.6) is 0 Å². The third kappa shape index (κ3) is 2.39. The van der Waals surface area contributed by atoms with Crippen molar-refractivity contribution in [1.29, 1.82) is 0 Å². The number of carbonyl (C=O) groups excluding carboxylic acids is 1. The van der Waals surface area contributed by atoms with Gasteiger partial charge in [0.05, 0.1) is 5.69 Å². The van der Waals surface area contributed by atoms with Crippen molar-refractivity contribution in [2.45, 2.75) is 13.8 Å². The Morgan fingerprint density at radius 3 is 2.31 bits per heavy atom. The molecule has 0 aromatic heterocycles. The number of benzene rings is 1. The van der Waals surface area contributed by atoms with Crippen molar-refractivity contribution in [1.82, 2.24) is 0 Å². The summed E-state index contributed by atoms with van der Waals surface area (Å²) in [5.74, 6) is 0.239. The van der Waals surface area contributed by atoms with E-state index >= 15 is 0 Å². The molecule has 0 saturated heterocycles. The van der Waals surface area contributed by atoms with Crippen molar-refractivity contribution in [3.63, 3.8) is 0 Å². The maximum atomic E-state index is 11.6. The molecule has 2 rings (SSSR count). The lowest BCUT2D eigenvalue weighted by Gasteiger charge is -2.18. The van der Waals surface area contributed by atoms with E-state index in [-0.39, 0.29) is 18.3 Å². The normalized spacial score (nSPS) is 10.2. The molecule has 0 aliphatic heterocycles. The third-order valence-electron chi connectivity index (χ3n) is 2.41. The highest BCUT2D eigenvalue weighted by Gasteiger charge is 2.23. The van der Waals surface area contributed by atoms with E-state index in [0.717, 1.165) is 5.69 Å². The summed E-state index contributed by atoms with van der Waals surface area (Å²) >= 11 is 0. The van der Waals surface area contributed by atoms with Gasteiger partial charge in [0.25, 0.3) is 6.47 Å². The highest BCUT2D eigenvalue weighted by atomic mass is 16.3. The Hall–Kier alpha value is -1.84. The molecule has 0 atom stereocenters. The van der Waals surface area contributed by atoms with Gasteiger partial charge in [0, 0.05) is 18.5 Å². The minimum atomic E-state index is -0.250. The highest BCUT2D eigenvalue weighted by Crippen LogP contribution is 2.43. The standard InChI is InChI=1S/C11H13NO.CH2O2/c1-7(2)11(13)12(3)10-5-4-8-6-9(8)10;2-1-3/h4-7H,1-3H3;1H,(H,2,3). The molecule has 0 bridgehead atoms. The van der Waals surface area contributed by atoms with E-state index in [2.05, 4.69) is 12.1 Å². The Morgan fingerprint density at radius 1 is 1.44 bits per heavy atom. The molecule has 0 aromatic rings. The Morgan fingerprint density at radius 2 is 2.00 bits per heavy atom. The number of carbonyl (C=O) groups is 2. The predicted octanol–water partition coefficient (Wildman–Crippen LogP) is 1.99. The van der Waals surface area contributed by atoms with Gasteiger partial charge in [-0.1, -0.05) is 19.9 Å². The quantitative estimate of drug-likeness (QED) is 0.789. The van der Waals surface area contributed by atoms with Crippen LogP contribution in [0.1, 0.15) is 13.8 Å². The van der Waals surface area contributed by atoms with Crippen LogP contribution in [0.3, 0.4) is 0 Å². The summed E-state index contributed by atoms with van der Waals surface area (Å²) in [6, 6.07) is 6.15. The van der Waals surface area contributed by atoms with Crippen LogP contribution >= 0.6 is 0 Å². The molecule has 0 heterocycles. The second-order valence-corrected chi connectivity index (χ2v) is 3.89. The molecular weight excluding hydrogens is 206 g/mol. The van der Waals surface area contributed by atoms with Crippen LogP contribution in [-0.4, -0.2) is 24.5 Å². The number of hydrogen-bond donors (Lipinski definition) is 1. The van der Waals surface area contributed by atoms with E-state index in [1.807, 2.05) is 27.0 Å². The maximum Gasteiger partial charge on any atom is 0.290 e. The zero-order valence-corrected chi connectivity index (χ0v) is 9.60. The SMILES string of the molecule is CC(C)C(=O)N(C)c1ccc2cc1-2.O=CO. The first-order valence-corrected chi connectivity index (χ1v) is 5.02. The summed E-state index contributed by atoms with van der Waals surface area (Å²) in [6.45, 7) is 3.59. The molecule has 0 spiro atoms. The van der Waals surface area contributed by atoms with Crippen molar-refractivity contribution < 1.29 is 14.7 Å². The van der Waals surface area contributed by atoms with Gasteiger partial charge in [-0.3, -0.25) is 9.59 Å². The summed E-state index contributed by atoms with van der Waals surface area (Å²) in [6.07, 6.45) is 0. The predicted molar refractivity (Wildman–Crippen MR) is 62.4 cm³/mol. The number of nitrogens with zero attached hydrogens (tertiary/aromatic N) is 1.